The van der Waals surface area contributed by atoms with Crippen LogP contribution in [0.3, 0.4) is 0 Å². The molecule has 0 nitrogen and oxygen atoms in total. The molecular formula is C36H26. The number of fused-ring (bicyclic) bond motifs is 3. The summed E-state index contributed by atoms with van der Waals surface area (Å²) in [4.78, 5) is 0. The Labute approximate surface area is 212 Å². The number of benzene rings is 6. The van der Waals surface area contributed by atoms with Gasteiger partial charge in [-0.05, 0) is 91.4 Å². The predicted octanol–water partition coefficient (Wildman–Crippen LogP) is 10.1. The summed E-state index contributed by atoms with van der Waals surface area (Å²) in [6.07, 6.45) is 0. The molecule has 36 heavy (non-hydrogen) atoms. The van der Waals surface area contributed by atoms with Gasteiger partial charge in [-0.1, -0.05) is 121 Å². The highest BCUT2D eigenvalue weighted by atomic mass is 14.3. The molecule has 7 rings (SSSR count). The zero-order chi connectivity index (χ0) is 24.2. The van der Waals surface area contributed by atoms with Crippen molar-refractivity contribution in [2.75, 3.05) is 0 Å². The van der Waals surface area contributed by atoms with Gasteiger partial charge in [0, 0.05) is 0 Å². The van der Waals surface area contributed by atoms with Gasteiger partial charge in [-0.2, -0.15) is 0 Å². The Bertz CT molecular complexity index is 1680. The van der Waals surface area contributed by atoms with Crippen LogP contribution in [0.5, 0.6) is 0 Å². The average molecular weight is 459 g/mol. The van der Waals surface area contributed by atoms with Crippen LogP contribution in [0.25, 0.3) is 66.4 Å². The smallest absolute Gasteiger partial charge is 0.00152 e. The van der Waals surface area contributed by atoms with Crippen molar-refractivity contribution in [2.45, 2.75) is 13.8 Å². The van der Waals surface area contributed by atoms with Crippen LogP contribution in [0.15, 0.2) is 121 Å². The van der Waals surface area contributed by atoms with E-state index in [1.54, 1.807) is 0 Å². The lowest BCUT2D eigenvalue weighted by Gasteiger charge is -2.22. The van der Waals surface area contributed by atoms with E-state index in [0.29, 0.717) is 0 Å². The van der Waals surface area contributed by atoms with Gasteiger partial charge in [0.2, 0.25) is 0 Å². The molecule has 170 valence electrons. The van der Waals surface area contributed by atoms with Gasteiger partial charge in [0.25, 0.3) is 0 Å². The van der Waals surface area contributed by atoms with E-state index in [2.05, 4.69) is 135 Å². The van der Waals surface area contributed by atoms with Crippen molar-refractivity contribution in [2.24, 2.45) is 0 Å². The maximum absolute atomic E-state index is 2.36. The van der Waals surface area contributed by atoms with Gasteiger partial charge in [-0.25, -0.2) is 0 Å². The minimum atomic E-state index is 1.26. The SMILES string of the molecule is Cc1cc(C)c(-c2ccccc2)c(-c2ccc3c4c(cccc24)-c2ccccc2-3)c1-c1ccccc1. The van der Waals surface area contributed by atoms with Crippen molar-refractivity contribution >= 4 is 10.8 Å². The first kappa shape index (κ1) is 20.9. The molecule has 6 aromatic rings. The van der Waals surface area contributed by atoms with Crippen LogP contribution in [0.4, 0.5) is 0 Å². The molecule has 0 heterocycles. The van der Waals surface area contributed by atoms with Gasteiger partial charge >= 0.3 is 0 Å². The summed E-state index contributed by atoms with van der Waals surface area (Å²) in [6, 6.07) is 44.4. The predicted molar refractivity (Wildman–Crippen MR) is 154 cm³/mol. The van der Waals surface area contributed by atoms with E-state index >= 15 is 0 Å². The lowest BCUT2D eigenvalue weighted by Crippen LogP contribution is -1.97. The minimum Gasteiger partial charge on any atom is -0.0622 e. The van der Waals surface area contributed by atoms with Gasteiger partial charge in [-0.15, -0.1) is 0 Å². The van der Waals surface area contributed by atoms with Crippen molar-refractivity contribution < 1.29 is 0 Å². The largest absolute Gasteiger partial charge is 0.0622 e. The molecule has 0 saturated heterocycles. The number of hydrogen-bond donors (Lipinski definition) is 0. The highest BCUT2D eigenvalue weighted by Gasteiger charge is 2.25. The molecule has 0 fully saturated rings. The van der Waals surface area contributed by atoms with Crippen molar-refractivity contribution in [1.82, 2.24) is 0 Å². The molecule has 0 aliphatic heterocycles. The standard InChI is InChI=1S/C36H26/c1-23-22-24(2)34(26-14-7-4-8-15-26)36(33(23)25-12-5-3-6-13-25)32-21-20-31-28-17-10-9-16-27(28)29-18-11-19-30(32)35(29)31/h3-22H,1-2H3. The maximum atomic E-state index is 2.36. The number of aryl methyl sites for hydroxylation is 2. The van der Waals surface area contributed by atoms with E-state index in [0.717, 1.165) is 0 Å². The van der Waals surface area contributed by atoms with Crippen LogP contribution in [0.1, 0.15) is 11.1 Å². The fourth-order valence-electron chi connectivity index (χ4n) is 6.24. The first-order valence-corrected chi connectivity index (χ1v) is 12.6. The second kappa shape index (κ2) is 8.07. The minimum absolute atomic E-state index is 1.26. The topological polar surface area (TPSA) is 0 Å². The van der Waals surface area contributed by atoms with E-state index in [9.17, 15) is 0 Å². The van der Waals surface area contributed by atoms with Crippen LogP contribution in [-0.2, 0) is 0 Å². The maximum Gasteiger partial charge on any atom is -0.00152 e. The molecule has 0 spiro atoms. The van der Waals surface area contributed by atoms with Gasteiger partial charge in [0.05, 0.1) is 0 Å². The second-order valence-electron chi connectivity index (χ2n) is 9.80. The van der Waals surface area contributed by atoms with Gasteiger partial charge in [0.15, 0.2) is 0 Å². The third-order valence-corrected chi connectivity index (χ3v) is 7.66. The van der Waals surface area contributed by atoms with E-state index in [4.69, 9.17) is 0 Å². The summed E-state index contributed by atoms with van der Waals surface area (Å²) in [7, 11) is 0. The molecule has 0 aromatic heterocycles. The monoisotopic (exact) mass is 458 g/mol. The van der Waals surface area contributed by atoms with Crippen molar-refractivity contribution in [3.63, 3.8) is 0 Å². The van der Waals surface area contributed by atoms with Gasteiger partial charge in [-0.3, -0.25) is 0 Å². The van der Waals surface area contributed by atoms with E-state index in [1.807, 2.05) is 0 Å². The van der Waals surface area contributed by atoms with E-state index < -0.39 is 0 Å². The summed E-state index contributed by atoms with van der Waals surface area (Å²) in [5, 5.41) is 2.69. The molecule has 0 heteroatoms. The summed E-state index contributed by atoms with van der Waals surface area (Å²) in [5.41, 5.74) is 15.7. The quantitative estimate of drug-likeness (QED) is 0.247. The molecule has 0 saturated carbocycles. The van der Waals surface area contributed by atoms with Crippen LogP contribution in [0.2, 0.25) is 0 Å². The number of rotatable bonds is 3. The Kier molecular flexibility index (Phi) is 4.69. The zero-order valence-corrected chi connectivity index (χ0v) is 20.5. The Hall–Kier alpha value is -4.42. The Morgan fingerprint density at radius 1 is 0.361 bits per heavy atom. The van der Waals surface area contributed by atoms with Crippen LogP contribution in [-0.4, -0.2) is 0 Å². The molecule has 1 aliphatic carbocycles. The molecule has 6 aromatic carbocycles. The summed E-state index contributed by atoms with van der Waals surface area (Å²) in [6.45, 7) is 4.51. The van der Waals surface area contributed by atoms with Gasteiger partial charge in [0.1, 0.15) is 0 Å². The Balaban J connectivity index is 1.64. The highest BCUT2D eigenvalue weighted by Crippen LogP contribution is 2.52. The summed E-state index contributed by atoms with van der Waals surface area (Å²) < 4.78 is 0. The van der Waals surface area contributed by atoms with Crippen LogP contribution >= 0.6 is 0 Å². The lowest BCUT2D eigenvalue weighted by atomic mass is 9.81. The third kappa shape index (κ3) is 3.01. The molecule has 0 N–H and O–H groups in total. The van der Waals surface area contributed by atoms with Crippen molar-refractivity contribution in [3.05, 3.63) is 132 Å². The molecule has 0 bridgehead atoms. The zero-order valence-electron chi connectivity index (χ0n) is 20.5. The lowest BCUT2D eigenvalue weighted by molar-refractivity contribution is 1.38. The molecule has 1 aliphatic rings. The molecule has 0 unspecified atom stereocenters. The molecular weight excluding hydrogens is 432 g/mol. The Morgan fingerprint density at radius 3 is 1.42 bits per heavy atom. The highest BCUT2D eigenvalue weighted by molar-refractivity contribution is 6.20. The molecule has 0 amide bonds. The van der Waals surface area contributed by atoms with Gasteiger partial charge < -0.3 is 0 Å². The first-order valence-electron chi connectivity index (χ1n) is 12.6. The van der Waals surface area contributed by atoms with Crippen LogP contribution < -0.4 is 0 Å². The normalized spacial score (nSPS) is 11.6. The fraction of sp³-hybridized carbons (Fsp3) is 0.0556. The van der Waals surface area contributed by atoms with Crippen molar-refractivity contribution in [3.8, 4) is 55.6 Å². The van der Waals surface area contributed by atoms with E-state index in [-0.39, 0.29) is 0 Å². The molecule has 0 radical (unpaired) electrons. The second-order valence-corrected chi connectivity index (χ2v) is 9.80. The average Bonchev–Trinajstić information content (AvgIpc) is 3.25. The summed E-state index contributed by atoms with van der Waals surface area (Å²) >= 11 is 0. The summed E-state index contributed by atoms with van der Waals surface area (Å²) in [5.74, 6) is 0. The number of hydrogen-bond acceptors (Lipinski definition) is 0. The van der Waals surface area contributed by atoms with Crippen LogP contribution in [0, 0.1) is 13.8 Å². The first-order chi connectivity index (χ1) is 17.7. The van der Waals surface area contributed by atoms with E-state index in [1.165, 1.54) is 77.5 Å². The molecule has 0 atom stereocenters. The fourth-order valence-corrected chi connectivity index (χ4v) is 6.24. The van der Waals surface area contributed by atoms with Crippen molar-refractivity contribution in [1.29, 1.82) is 0 Å². The third-order valence-electron chi connectivity index (χ3n) is 7.66. The Morgan fingerprint density at radius 2 is 0.833 bits per heavy atom.